The van der Waals surface area contributed by atoms with E-state index in [0.717, 1.165) is 16.7 Å². The lowest BCUT2D eigenvalue weighted by atomic mass is 10.0. The third-order valence-electron chi connectivity index (χ3n) is 6.20. The van der Waals surface area contributed by atoms with Crippen LogP contribution in [0.1, 0.15) is 16.7 Å². The van der Waals surface area contributed by atoms with Gasteiger partial charge in [0.1, 0.15) is 11.8 Å². The molecule has 194 valence electrons. The van der Waals surface area contributed by atoms with Crippen LogP contribution in [-0.2, 0) is 29.0 Å². The molecule has 0 radical (unpaired) electrons. The zero-order valence-corrected chi connectivity index (χ0v) is 21.9. The molecule has 0 aliphatic rings. The third kappa shape index (κ3) is 8.22. The van der Waals surface area contributed by atoms with E-state index in [-0.39, 0.29) is 25.0 Å². The fraction of sp³-hybridized carbons (Fsp3) is 0.188. The van der Waals surface area contributed by atoms with Crippen LogP contribution in [0, 0.1) is 0 Å². The summed E-state index contributed by atoms with van der Waals surface area (Å²) < 4.78 is 5.78. The van der Waals surface area contributed by atoms with Gasteiger partial charge in [0, 0.05) is 24.5 Å². The second kappa shape index (κ2) is 14.0. The molecule has 5 nitrogen and oxygen atoms in total. The van der Waals surface area contributed by atoms with E-state index in [9.17, 15) is 9.59 Å². The summed E-state index contributed by atoms with van der Waals surface area (Å²) in [7, 11) is 0. The van der Waals surface area contributed by atoms with Crippen molar-refractivity contribution < 1.29 is 14.3 Å². The van der Waals surface area contributed by atoms with Gasteiger partial charge in [-0.05, 0) is 47.4 Å². The number of rotatable bonds is 12. The highest BCUT2D eigenvalue weighted by Gasteiger charge is 2.30. The second-order valence-electron chi connectivity index (χ2n) is 8.98. The third-order valence-corrected chi connectivity index (χ3v) is 6.45. The van der Waals surface area contributed by atoms with Gasteiger partial charge in [0.2, 0.25) is 5.91 Å². The Hall–Kier alpha value is -4.09. The van der Waals surface area contributed by atoms with Crippen LogP contribution in [0.5, 0.6) is 5.75 Å². The standard InChI is InChI=1S/C32H31ClN2O3/c33-28-18-16-27(17-19-28)23-35(31(36)24-38-29-14-8-3-9-15-29)30(22-26-12-6-2-7-13-26)32(37)34-21-20-25-10-4-1-5-11-25/h1-19,30H,20-24H2,(H,34,37)/t30-/m1/s1. The van der Waals surface area contributed by atoms with Crippen molar-refractivity contribution in [2.75, 3.05) is 13.2 Å². The predicted octanol–water partition coefficient (Wildman–Crippen LogP) is 5.72. The summed E-state index contributed by atoms with van der Waals surface area (Å²) in [6.45, 7) is 0.537. The number of halogens is 1. The lowest BCUT2D eigenvalue weighted by molar-refractivity contribution is -0.142. The fourth-order valence-electron chi connectivity index (χ4n) is 4.18. The molecule has 2 amide bonds. The van der Waals surface area contributed by atoms with Gasteiger partial charge >= 0.3 is 0 Å². The van der Waals surface area contributed by atoms with Gasteiger partial charge in [-0.25, -0.2) is 0 Å². The maximum Gasteiger partial charge on any atom is 0.261 e. The first kappa shape index (κ1) is 27.0. The van der Waals surface area contributed by atoms with Crippen molar-refractivity contribution in [2.45, 2.75) is 25.4 Å². The van der Waals surface area contributed by atoms with Crippen molar-refractivity contribution in [3.05, 3.63) is 137 Å². The van der Waals surface area contributed by atoms with Gasteiger partial charge in [0.15, 0.2) is 6.61 Å². The average molecular weight is 527 g/mol. The minimum absolute atomic E-state index is 0.180. The number of ether oxygens (including phenoxy) is 1. The molecular weight excluding hydrogens is 496 g/mol. The van der Waals surface area contributed by atoms with Crippen LogP contribution in [0.15, 0.2) is 115 Å². The molecule has 0 bridgehead atoms. The molecule has 4 rings (SSSR count). The molecule has 0 saturated heterocycles. The molecule has 0 unspecified atom stereocenters. The summed E-state index contributed by atoms with van der Waals surface area (Å²) in [5.74, 6) is 0.119. The Bertz CT molecular complexity index is 1280. The molecule has 1 N–H and O–H groups in total. The van der Waals surface area contributed by atoms with Gasteiger partial charge in [0.25, 0.3) is 5.91 Å². The number of carbonyl (C=O) groups is 2. The Balaban J connectivity index is 1.56. The van der Waals surface area contributed by atoms with Crippen molar-refractivity contribution in [3.63, 3.8) is 0 Å². The fourth-order valence-corrected chi connectivity index (χ4v) is 4.30. The van der Waals surface area contributed by atoms with E-state index in [1.807, 2.05) is 91.0 Å². The SMILES string of the molecule is O=C(NCCc1ccccc1)[C@@H](Cc1ccccc1)N(Cc1ccc(Cl)cc1)C(=O)COc1ccccc1. The number of para-hydroxylation sites is 1. The smallest absolute Gasteiger partial charge is 0.261 e. The molecule has 6 heteroatoms. The van der Waals surface area contributed by atoms with Crippen molar-refractivity contribution in [1.29, 1.82) is 0 Å². The van der Waals surface area contributed by atoms with Crippen LogP contribution in [0.3, 0.4) is 0 Å². The molecule has 0 fully saturated rings. The highest BCUT2D eigenvalue weighted by molar-refractivity contribution is 6.30. The first-order valence-electron chi connectivity index (χ1n) is 12.7. The van der Waals surface area contributed by atoms with E-state index in [4.69, 9.17) is 16.3 Å². The van der Waals surface area contributed by atoms with Crippen LogP contribution in [0.2, 0.25) is 5.02 Å². The van der Waals surface area contributed by atoms with E-state index in [2.05, 4.69) is 5.32 Å². The first-order valence-corrected chi connectivity index (χ1v) is 13.0. The molecule has 0 spiro atoms. The Morgan fingerprint density at radius 1 is 0.737 bits per heavy atom. The minimum atomic E-state index is -0.726. The molecule has 4 aromatic carbocycles. The predicted molar refractivity (Wildman–Crippen MR) is 151 cm³/mol. The molecule has 0 aliphatic heterocycles. The summed E-state index contributed by atoms with van der Waals surface area (Å²) in [4.78, 5) is 28.9. The Kier molecular flexibility index (Phi) is 9.94. The summed E-state index contributed by atoms with van der Waals surface area (Å²) >= 11 is 6.09. The molecule has 0 aromatic heterocycles. The molecule has 38 heavy (non-hydrogen) atoms. The van der Waals surface area contributed by atoms with E-state index >= 15 is 0 Å². The quantitative estimate of drug-likeness (QED) is 0.257. The number of amides is 2. The van der Waals surface area contributed by atoms with E-state index < -0.39 is 6.04 Å². The lowest BCUT2D eigenvalue weighted by Gasteiger charge is -2.31. The van der Waals surface area contributed by atoms with Crippen LogP contribution in [0.4, 0.5) is 0 Å². The highest BCUT2D eigenvalue weighted by Crippen LogP contribution is 2.18. The van der Waals surface area contributed by atoms with Gasteiger partial charge in [-0.2, -0.15) is 0 Å². The monoisotopic (exact) mass is 526 g/mol. The normalized spacial score (nSPS) is 11.4. The van der Waals surface area contributed by atoms with Crippen LogP contribution in [0.25, 0.3) is 0 Å². The maximum absolute atomic E-state index is 13.6. The van der Waals surface area contributed by atoms with E-state index in [0.29, 0.717) is 30.2 Å². The minimum Gasteiger partial charge on any atom is -0.484 e. The molecular formula is C32H31ClN2O3. The topological polar surface area (TPSA) is 58.6 Å². The average Bonchev–Trinajstić information content (AvgIpc) is 2.96. The number of hydrogen-bond donors (Lipinski definition) is 1. The maximum atomic E-state index is 13.6. The largest absolute Gasteiger partial charge is 0.484 e. The Morgan fingerprint density at radius 2 is 1.32 bits per heavy atom. The molecule has 4 aromatic rings. The van der Waals surface area contributed by atoms with Crippen molar-refractivity contribution in [1.82, 2.24) is 10.2 Å². The number of benzene rings is 4. The van der Waals surface area contributed by atoms with E-state index in [1.54, 1.807) is 29.2 Å². The lowest BCUT2D eigenvalue weighted by Crippen LogP contribution is -2.52. The summed E-state index contributed by atoms with van der Waals surface area (Å²) in [6.07, 6.45) is 1.08. The molecule has 0 heterocycles. The van der Waals surface area contributed by atoms with E-state index in [1.165, 1.54) is 0 Å². The van der Waals surface area contributed by atoms with Gasteiger partial charge in [-0.3, -0.25) is 9.59 Å². The number of nitrogens with one attached hydrogen (secondary N) is 1. The Morgan fingerprint density at radius 3 is 1.95 bits per heavy atom. The van der Waals surface area contributed by atoms with Crippen molar-refractivity contribution in [2.24, 2.45) is 0 Å². The summed E-state index contributed by atoms with van der Waals surface area (Å²) in [5.41, 5.74) is 2.98. The molecule has 1 atom stereocenters. The Labute approximate surface area is 229 Å². The molecule has 0 saturated carbocycles. The van der Waals surface area contributed by atoms with Crippen molar-refractivity contribution >= 4 is 23.4 Å². The summed E-state index contributed by atoms with van der Waals surface area (Å²) in [5, 5.41) is 3.67. The number of carbonyl (C=O) groups excluding carboxylic acids is 2. The number of nitrogens with zero attached hydrogens (tertiary/aromatic N) is 1. The first-order chi connectivity index (χ1) is 18.6. The zero-order valence-electron chi connectivity index (χ0n) is 21.1. The van der Waals surface area contributed by atoms with Crippen molar-refractivity contribution in [3.8, 4) is 5.75 Å². The number of hydrogen-bond acceptors (Lipinski definition) is 3. The van der Waals surface area contributed by atoms with Gasteiger partial charge in [-0.1, -0.05) is 103 Å². The van der Waals surface area contributed by atoms with Gasteiger partial charge in [0.05, 0.1) is 0 Å². The molecule has 0 aliphatic carbocycles. The van der Waals surface area contributed by atoms with Crippen LogP contribution >= 0.6 is 11.6 Å². The van der Waals surface area contributed by atoms with Crippen LogP contribution < -0.4 is 10.1 Å². The van der Waals surface area contributed by atoms with Gasteiger partial charge < -0.3 is 15.0 Å². The zero-order chi connectivity index (χ0) is 26.6. The second-order valence-corrected chi connectivity index (χ2v) is 9.42. The summed E-state index contributed by atoms with van der Waals surface area (Å²) in [6, 6.07) is 35.5. The van der Waals surface area contributed by atoms with Crippen LogP contribution in [-0.4, -0.2) is 35.9 Å². The van der Waals surface area contributed by atoms with Gasteiger partial charge in [-0.15, -0.1) is 0 Å². The highest BCUT2D eigenvalue weighted by atomic mass is 35.5.